The van der Waals surface area contributed by atoms with Gasteiger partial charge in [0, 0.05) is 23.5 Å². The number of hydrogen-bond acceptors (Lipinski definition) is 8. The van der Waals surface area contributed by atoms with Crippen LogP contribution in [0.3, 0.4) is 0 Å². The summed E-state index contributed by atoms with van der Waals surface area (Å²) in [5.41, 5.74) is 8.37. The molecular weight excluding hydrogens is 352 g/mol. The minimum atomic E-state index is -0.378. The maximum absolute atomic E-state index is 9.81. The second-order valence-electron chi connectivity index (χ2n) is 6.28. The Bertz CT molecular complexity index is 913. The average Bonchev–Trinajstić information content (AvgIpc) is 3.23. The molecule has 0 saturated heterocycles. The lowest BCUT2D eigenvalue weighted by Gasteiger charge is -2.15. The Balaban J connectivity index is 1.55. The van der Waals surface area contributed by atoms with E-state index >= 15 is 0 Å². The number of nitrogen functional groups attached to an aromatic ring is 1. The number of fused-ring (bicyclic) bond motifs is 1. The summed E-state index contributed by atoms with van der Waals surface area (Å²) in [6, 6.07) is 3.85. The van der Waals surface area contributed by atoms with Gasteiger partial charge in [-0.3, -0.25) is 0 Å². The van der Waals surface area contributed by atoms with Crippen molar-refractivity contribution in [1.82, 2.24) is 15.0 Å². The van der Waals surface area contributed by atoms with E-state index in [1.165, 1.54) is 11.3 Å². The number of hydrogen-bond donors (Lipinski definition) is 2. The van der Waals surface area contributed by atoms with E-state index in [1.807, 2.05) is 12.1 Å². The number of aromatic nitrogens is 3. The second kappa shape index (κ2) is 7.14. The maximum Gasteiger partial charge on any atom is 0.181 e. The molecule has 3 aromatic rings. The third kappa shape index (κ3) is 3.23. The Hall–Kier alpha value is -2.29. The molecule has 0 bridgehead atoms. The smallest absolute Gasteiger partial charge is 0.181 e. The van der Waals surface area contributed by atoms with Gasteiger partial charge in [-0.1, -0.05) is 11.3 Å². The number of thiazole rings is 1. The van der Waals surface area contributed by atoms with Gasteiger partial charge in [0.15, 0.2) is 11.0 Å². The molecule has 2 aromatic heterocycles. The fourth-order valence-corrected chi connectivity index (χ4v) is 4.12. The first kappa shape index (κ1) is 17.1. The fraction of sp³-hybridized carbons (Fsp3) is 0.389. The highest BCUT2D eigenvalue weighted by molar-refractivity contribution is 7.22. The Morgan fingerprint density at radius 3 is 2.77 bits per heavy atom. The van der Waals surface area contributed by atoms with Crippen LogP contribution in [0.1, 0.15) is 25.1 Å². The van der Waals surface area contributed by atoms with Crippen LogP contribution in [0.2, 0.25) is 0 Å². The van der Waals surface area contributed by atoms with Crippen molar-refractivity contribution in [2.75, 3.05) is 12.8 Å². The van der Waals surface area contributed by atoms with Crippen LogP contribution in [-0.4, -0.2) is 39.4 Å². The average molecular weight is 372 g/mol. The van der Waals surface area contributed by atoms with Gasteiger partial charge in [0.2, 0.25) is 0 Å². The lowest BCUT2D eigenvalue weighted by Crippen LogP contribution is -2.22. The van der Waals surface area contributed by atoms with E-state index in [2.05, 4.69) is 15.0 Å². The fourth-order valence-electron chi connectivity index (χ4n) is 3.27. The molecule has 4 rings (SSSR count). The molecule has 3 N–H and O–H groups in total. The summed E-state index contributed by atoms with van der Waals surface area (Å²) in [5.74, 6) is 1.31. The van der Waals surface area contributed by atoms with Gasteiger partial charge in [-0.25, -0.2) is 15.0 Å². The predicted octanol–water partition coefficient (Wildman–Crippen LogP) is 2.77. The molecule has 8 heteroatoms. The van der Waals surface area contributed by atoms with Gasteiger partial charge in [-0.05, 0) is 31.4 Å². The molecule has 2 unspecified atom stereocenters. The van der Waals surface area contributed by atoms with Crippen LogP contribution in [0.25, 0.3) is 21.3 Å². The Morgan fingerprint density at radius 1 is 1.27 bits per heavy atom. The lowest BCUT2D eigenvalue weighted by molar-refractivity contribution is -0.0295. The van der Waals surface area contributed by atoms with Crippen molar-refractivity contribution < 1.29 is 14.6 Å². The summed E-state index contributed by atoms with van der Waals surface area (Å²) in [5, 5.41) is 10.3. The van der Waals surface area contributed by atoms with Crippen molar-refractivity contribution in [2.45, 2.75) is 38.1 Å². The van der Waals surface area contributed by atoms with E-state index < -0.39 is 0 Å². The van der Waals surface area contributed by atoms with Crippen molar-refractivity contribution in [3.8, 4) is 16.9 Å². The number of anilines is 1. The Morgan fingerprint density at radius 2 is 2.08 bits per heavy atom. The highest BCUT2D eigenvalue weighted by Crippen LogP contribution is 2.39. The van der Waals surface area contributed by atoms with E-state index in [1.54, 1.807) is 19.5 Å². The van der Waals surface area contributed by atoms with Crippen LogP contribution in [-0.2, 0) is 11.3 Å². The zero-order valence-electron chi connectivity index (χ0n) is 14.4. The molecule has 2 heterocycles. The minimum absolute atomic E-state index is 0.113. The first-order valence-electron chi connectivity index (χ1n) is 8.49. The third-order valence-corrected chi connectivity index (χ3v) is 5.49. The highest BCUT2D eigenvalue weighted by Gasteiger charge is 2.26. The van der Waals surface area contributed by atoms with Gasteiger partial charge < -0.3 is 20.3 Å². The van der Waals surface area contributed by atoms with E-state index in [0.29, 0.717) is 17.6 Å². The zero-order valence-corrected chi connectivity index (χ0v) is 15.2. The largest absolute Gasteiger partial charge is 0.495 e. The second-order valence-corrected chi connectivity index (χ2v) is 7.31. The van der Waals surface area contributed by atoms with Crippen molar-refractivity contribution in [3.05, 3.63) is 30.4 Å². The van der Waals surface area contributed by atoms with Gasteiger partial charge in [-0.15, -0.1) is 0 Å². The summed E-state index contributed by atoms with van der Waals surface area (Å²) in [6.07, 6.45) is 5.70. The van der Waals surface area contributed by atoms with Crippen LogP contribution in [0.5, 0.6) is 5.75 Å². The summed E-state index contributed by atoms with van der Waals surface area (Å²) >= 11 is 1.39. The maximum atomic E-state index is 9.81. The normalized spacial score (nSPS) is 19.9. The molecule has 7 nitrogen and oxygen atoms in total. The molecule has 1 aliphatic rings. The number of nitrogens with two attached hydrogens (primary N) is 1. The molecule has 1 aliphatic carbocycles. The standard InChI is InChI=1S/C18H20N4O3S/c1-24-16-11(5-6-12-17(16)26-18(19)22-12)10-7-20-15(21-8-10)9-25-14-4-2-3-13(14)23/h5-8,13-14,23H,2-4,9H2,1H3,(H2,19,22). The molecule has 26 heavy (non-hydrogen) atoms. The zero-order chi connectivity index (χ0) is 18.1. The Kier molecular flexibility index (Phi) is 4.71. The molecule has 1 fully saturated rings. The van der Waals surface area contributed by atoms with Gasteiger partial charge >= 0.3 is 0 Å². The number of ether oxygens (including phenoxy) is 2. The van der Waals surface area contributed by atoms with E-state index in [0.717, 1.165) is 46.4 Å². The highest BCUT2D eigenvalue weighted by atomic mass is 32.1. The van der Waals surface area contributed by atoms with Gasteiger partial charge in [0.1, 0.15) is 12.4 Å². The molecule has 0 radical (unpaired) electrons. The molecule has 0 aliphatic heterocycles. The minimum Gasteiger partial charge on any atom is -0.495 e. The summed E-state index contributed by atoms with van der Waals surface area (Å²) in [6.45, 7) is 0.295. The van der Waals surface area contributed by atoms with Crippen LogP contribution in [0, 0.1) is 0 Å². The van der Waals surface area contributed by atoms with Crippen LogP contribution in [0.15, 0.2) is 24.5 Å². The predicted molar refractivity (Wildman–Crippen MR) is 100 cm³/mol. The number of methoxy groups -OCH3 is 1. The molecule has 0 amide bonds. The first-order chi connectivity index (χ1) is 12.7. The number of nitrogens with zero attached hydrogens (tertiary/aromatic N) is 3. The van der Waals surface area contributed by atoms with Crippen LogP contribution in [0.4, 0.5) is 5.13 Å². The van der Waals surface area contributed by atoms with E-state index in [9.17, 15) is 5.11 Å². The van der Waals surface area contributed by atoms with Gasteiger partial charge in [-0.2, -0.15) is 0 Å². The van der Waals surface area contributed by atoms with Crippen molar-refractivity contribution in [3.63, 3.8) is 0 Å². The van der Waals surface area contributed by atoms with Crippen molar-refractivity contribution >= 4 is 26.7 Å². The topological polar surface area (TPSA) is 103 Å². The van der Waals surface area contributed by atoms with Gasteiger partial charge in [0.05, 0.1) is 29.5 Å². The molecule has 136 valence electrons. The number of benzene rings is 1. The van der Waals surface area contributed by atoms with Crippen LogP contribution >= 0.6 is 11.3 Å². The summed E-state index contributed by atoms with van der Waals surface area (Å²) < 4.78 is 12.2. The quantitative estimate of drug-likeness (QED) is 0.710. The van der Waals surface area contributed by atoms with E-state index in [4.69, 9.17) is 15.2 Å². The number of aliphatic hydroxyl groups excluding tert-OH is 1. The number of rotatable bonds is 5. The summed E-state index contributed by atoms with van der Waals surface area (Å²) in [7, 11) is 1.63. The van der Waals surface area contributed by atoms with E-state index in [-0.39, 0.29) is 12.2 Å². The third-order valence-electron chi connectivity index (χ3n) is 4.59. The molecule has 2 atom stereocenters. The van der Waals surface area contributed by atoms with Gasteiger partial charge in [0.25, 0.3) is 0 Å². The molecule has 1 aromatic carbocycles. The lowest BCUT2D eigenvalue weighted by atomic mass is 10.1. The molecule has 0 spiro atoms. The number of aliphatic hydroxyl groups is 1. The van der Waals surface area contributed by atoms with Crippen molar-refractivity contribution in [2.24, 2.45) is 0 Å². The summed E-state index contributed by atoms with van der Waals surface area (Å²) in [4.78, 5) is 13.1. The molecular formula is C18H20N4O3S. The Labute approximate surface area is 154 Å². The molecule has 1 saturated carbocycles. The van der Waals surface area contributed by atoms with Crippen molar-refractivity contribution in [1.29, 1.82) is 0 Å². The van der Waals surface area contributed by atoms with Crippen LogP contribution < -0.4 is 10.5 Å². The first-order valence-corrected chi connectivity index (χ1v) is 9.31. The monoisotopic (exact) mass is 372 g/mol. The SMILES string of the molecule is COc1c(-c2cnc(COC3CCCC3O)nc2)ccc2nc(N)sc12.